The van der Waals surface area contributed by atoms with E-state index in [1.165, 1.54) is 11.5 Å². The Kier molecular flexibility index (Phi) is 4.76. The zero-order chi connectivity index (χ0) is 13.8. The standard InChI is InChI=1S/C13H19N3O2S/c1-9-7-15-12(10(2)13(9)16(17)18)8-14-11-3-5-19-6-4-11/h7,11,14H,3-6,8H2,1-2H3. The molecule has 1 aromatic rings. The summed E-state index contributed by atoms with van der Waals surface area (Å²) in [4.78, 5) is 15.1. The molecule has 0 unspecified atom stereocenters. The Morgan fingerprint density at radius 1 is 1.47 bits per heavy atom. The summed E-state index contributed by atoms with van der Waals surface area (Å²) in [6.45, 7) is 4.13. The molecule has 1 N–H and O–H groups in total. The van der Waals surface area contributed by atoms with Gasteiger partial charge in [-0.25, -0.2) is 0 Å². The van der Waals surface area contributed by atoms with Gasteiger partial charge in [-0.3, -0.25) is 15.1 Å². The van der Waals surface area contributed by atoms with Crippen LogP contribution in [0.15, 0.2) is 6.20 Å². The van der Waals surface area contributed by atoms with Crippen LogP contribution in [0, 0.1) is 24.0 Å². The van der Waals surface area contributed by atoms with Gasteiger partial charge >= 0.3 is 0 Å². The number of nitro groups is 1. The molecular formula is C13H19N3O2S. The molecule has 0 bridgehead atoms. The van der Waals surface area contributed by atoms with Crippen molar-refractivity contribution in [3.05, 3.63) is 33.1 Å². The molecule has 1 aliphatic rings. The molecule has 0 aliphatic carbocycles. The first-order chi connectivity index (χ1) is 9.09. The Bertz CT molecular complexity index is 473. The fraction of sp³-hybridized carbons (Fsp3) is 0.615. The zero-order valence-electron chi connectivity index (χ0n) is 11.3. The lowest BCUT2D eigenvalue weighted by molar-refractivity contribution is -0.386. The summed E-state index contributed by atoms with van der Waals surface area (Å²) in [6.07, 6.45) is 3.92. The lowest BCUT2D eigenvalue weighted by Gasteiger charge is -2.22. The number of nitrogens with zero attached hydrogens (tertiary/aromatic N) is 2. The highest BCUT2D eigenvalue weighted by Gasteiger charge is 2.19. The molecule has 1 aromatic heterocycles. The van der Waals surface area contributed by atoms with Crippen LogP contribution in [0.1, 0.15) is 29.7 Å². The van der Waals surface area contributed by atoms with Gasteiger partial charge in [-0.15, -0.1) is 0 Å². The van der Waals surface area contributed by atoms with Crippen molar-refractivity contribution in [3.8, 4) is 0 Å². The predicted octanol–water partition coefficient (Wildman–Crippen LogP) is 2.59. The number of aryl methyl sites for hydroxylation is 1. The van der Waals surface area contributed by atoms with Gasteiger partial charge in [0.1, 0.15) is 0 Å². The average Bonchev–Trinajstić information content (AvgIpc) is 2.38. The molecule has 104 valence electrons. The molecule has 2 heterocycles. The molecule has 0 atom stereocenters. The Morgan fingerprint density at radius 3 is 2.79 bits per heavy atom. The van der Waals surface area contributed by atoms with E-state index in [2.05, 4.69) is 10.3 Å². The molecule has 2 rings (SSSR count). The van der Waals surface area contributed by atoms with Crippen molar-refractivity contribution in [2.24, 2.45) is 0 Å². The number of aromatic nitrogens is 1. The van der Waals surface area contributed by atoms with Crippen molar-refractivity contribution in [2.75, 3.05) is 11.5 Å². The lowest BCUT2D eigenvalue weighted by Crippen LogP contribution is -2.32. The molecule has 0 spiro atoms. The second-order valence-corrected chi connectivity index (χ2v) is 6.11. The van der Waals surface area contributed by atoms with Gasteiger partial charge in [0.25, 0.3) is 5.69 Å². The fourth-order valence-electron chi connectivity index (χ4n) is 2.37. The minimum Gasteiger partial charge on any atom is -0.308 e. The third kappa shape index (κ3) is 3.45. The maximum Gasteiger partial charge on any atom is 0.278 e. The van der Waals surface area contributed by atoms with Crippen LogP contribution in [0.5, 0.6) is 0 Å². The second kappa shape index (κ2) is 6.34. The van der Waals surface area contributed by atoms with Crippen molar-refractivity contribution in [1.82, 2.24) is 10.3 Å². The van der Waals surface area contributed by atoms with Crippen molar-refractivity contribution >= 4 is 17.4 Å². The van der Waals surface area contributed by atoms with Gasteiger partial charge in [0.15, 0.2) is 0 Å². The lowest BCUT2D eigenvalue weighted by atomic mass is 10.1. The summed E-state index contributed by atoms with van der Waals surface area (Å²) in [5.74, 6) is 2.39. The second-order valence-electron chi connectivity index (χ2n) is 4.89. The van der Waals surface area contributed by atoms with Crippen LogP contribution in [0.3, 0.4) is 0 Å². The van der Waals surface area contributed by atoms with Crippen molar-refractivity contribution in [2.45, 2.75) is 39.3 Å². The van der Waals surface area contributed by atoms with E-state index in [1.54, 1.807) is 20.0 Å². The molecule has 6 heteroatoms. The maximum atomic E-state index is 11.1. The third-order valence-electron chi connectivity index (χ3n) is 3.54. The van der Waals surface area contributed by atoms with E-state index in [0.717, 1.165) is 18.5 Å². The van der Waals surface area contributed by atoms with Crippen LogP contribution in [0.2, 0.25) is 0 Å². The maximum absolute atomic E-state index is 11.1. The Balaban J connectivity index is 2.08. The van der Waals surface area contributed by atoms with E-state index in [9.17, 15) is 10.1 Å². The molecule has 0 radical (unpaired) electrons. The van der Waals surface area contributed by atoms with Gasteiger partial charge in [0, 0.05) is 29.9 Å². The van der Waals surface area contributed by atoms with E-state index in [4.69, 9.17) is 0 Å². The number of nitrogens with one attached hydrogen (secondary N) is 1. The number of pyridine rings is 1. The van der Waals surface area contributed by atoms with Gasteiger partial charge in [-0.2, -0.15) is 11.8 Å². The van der Waals surface area contributed by atoms with Crippen LogP contribution in [-0.4, -0.2) is 27.5 Å². The van der Waals surface area contributed by atoms with E-state index < -0.39 is 0 Å². The summed E-state index contributed by atoms with van der Waals surface area (Å²) in [7, 11) is 0. The van der Waals surface area contributed by atoms with E-state index >= 15 is 0 Å². The highest BCUT2D eigenvalue weighted by atomic mass is 32.2. The Morgan fingerprint density at radius 2 is 2.16 bits per heavy atom. The number of thioether (sulfide) groups is 1. The van der Waals surface area contributed by atoms with Crippen LogP contribution in [0.25, 0.3) is 0 Å². The molecule has 0 aromatic carbocycles. The minimum atomic E-state index is -0.312. The van der Waals surface area contributed by atoms with Gasteiger partial charge < -0.3 is 5.32 Å². The van der Waals surface area contributed by atoms with Gasteiger partial charge in [0.2, 0.25) is 0 Å². The third-order valence-corrected chi connectivity index (χ3v) is 4.59. The largest absolute Gasteiger partial charge is 0.308 e. The molecule has 1 aliphatic heterocycles. The first-order valence-electron chi connectivity index (χ1n) is 6.50. The molecular weight excluding hydrogens is 262 g/mol. The van der Waals surface area contributed by atoms with E-state index in [0.29, 0.717) is 23.7 Å². The molecule has 0 saturated carbocycles. The quantitative estimate of drug-likeness (QED) is 0.678. The van der Waals surface area contributed by atoms with E-state index in [1.807, 2.05) is 11.8 Å². The van der Waals surface area contributed by atoms with Gasteiger partial charge in [-0.1, -0.05) is 0 Å². The highest BCUT2D eigenvalue weighted by molar-refractivity contribution is 7.99. The summed E-state index contributed by atoms with van der Waals surface area (Å²) in [5, 5.41) is 14.5. The number of hydrogen-bond acceptors (Lipinski definition) is 5. The van der Waals surface area contributed by atoms with Crippen LogP contribution < -0.4 is 5.32 Å². The molecule has 1 saturated heterocycles. The SMILES string of the molecule is Cc1cnc(CNC2CCSCC2)c(C)c1[N+](=O)[O-]. The predicted molar refractivity (Wildman–Crippen MR) is 77.6 cm³/mol. The summed E-state index contributed by atoms with van der Waals surface area (Å²) >= 11 is 1.99. The topological polar surface area (TPSA) is 68.1 Å². The first kappa shape index (κ1) is 14.3. The van der Waals surface area contributed by atoms with Gasteiger partial charge in [-0.05, 0) is 38.2 Å². The molecule has 19 heavy (non-hydrogen) atoms. The van der Waals surface area contributed by atoms with Crippen molar-refractivity contribution in [3.63, 3.8) is 0 Å². The van der Waals surface area contributed by atoms with Gasteiger partial charge in [0.05, 0.1) is 10.6 Å². The summed E-state index contributed by atoms with van der Waals surface area (Å²) in [5.41, 5.74) is 2.30. The van der Waals surface area contributed by atoms with Crippen molar-refractivity contribution in [1.29, 1.82) is 0 Å². The fourth-order valence-corrected chi connectivity index (χ4v) is 3.47. The van der Waals surface area contributed by atoms with Crippen molar-refractivity contribution < 1.29 is 4.92 Å². The Labute approximate surface area is 117 Å². The van der Waals surface area contributed by atoms with Crippen LogP contribution in [-0.2, 0) is 6.54 Å². The average molecular weight is 281 g/mol. The number of rotatable bonds is 4. The Hall–Kier alpha value is -1.14. The monoisotopic (exact) mass is 281 g/mol. The number of hydrogen-bond donors (Lipinski definition) is 1. The normalized spacial score (nSPS) is 16.5. The molecule has 1 fully saturated rings. The zero-order valence-corrected chi connectivity index (χ0v) is 12.1. The van der Waals surface area contributed by atoms with E-state index in [-0.39, 0.29) is 10.6 Å². The molecule has 5 nitrogen and oxygen atoms in total. The first-order valence-corrected chi connectivity index (χ1v) is 7.65. The van der Waals surface area contributed by atoms with Crippen LogP contribution in [0.4, 0.5) is 5.69 Å². The minimum absolute atomic E-state index is 0.200. The van der Waals surface area contributed by atoms with Crippen LogP contribution >= 0.6 is 11.8 Å². The highest BCUT2D eigenvalue weighted by Crippen LogP contribution is 2.24. The summed E-state index contributed by atoms with van der Waals surface area (Å²) < 4.78 is 0. The smallest absolute Gasteiger partial charge is 0.278 e. The molecule has 0 amide bonds. The summed E-state index contributed by atoms with van der Waals surface area (Å²) in [6, 6.07) is 0.516.